The molecule has 1 atom stereocenters. The van der Waals surface area contributed by atoms with E-state index >= 15 is 0 Å². The van der Waals surface area contributed by atoms with Crippen molar-refractivity contribution in [3.05, 3.63) is 70.0 Å². The van der Waals surface area contributed by atoms with Crippen molar-refractivity contribution in [2.75, 3.05) is 7.05 Å². The average molecular weight is 306 g/mol. The van der Waals surface area contributed by atoms with Crippen LogP contribution in [0.15, 0.2) is 42.5 Å². The van der Waals surface area contributed by atoms with E-state index in [2.05, 4.69) is 43.4 Å². The molecule has 0 radical (unpaired) electrons. The average Bonchev–Trinajstić information content (AvgIpc) is 2.47. The summed E-state index contributed by atoms with van der Waals surface area (Å²) in [5.41, 5.74) is 3.15. The van der Waals surface area contributed by atoms with Crippen LogP contribution >= 0.6 is 11.6 Å². The lowest BCUT2D eigenvalue weighted by molar-refractivity contribution is 0.554. The molecule has 0 saturated carbocycles. The number of hydrogen-bond acceptors (Lipinski definition) is 1. The van der Waals surface area contributed by atoms with E-state index in [1.165, 1.54) is 11.6 Å². The predicted molar refractivity (Wildman–Crippen MR) is 87.4 cm³/mol. The third-order valence-corrected chi connectivity index (χ3v) is 4.03. The fourth-order valence-electron chi connectivity index (χ4n) is 2.41. The molecular weight excluding hydrogens is 285 g/mol. The second kappa shape index (κ2) is 7.06. The Balaban J connectivity index is 2.19. The Kier molecular flexibility index (Phi) is 5.38. The number of hydrogen-bond donors (Lipinski definition) is 1. The maximum Gasteiger partial charge on any atom is 0.127 e. The van der Waals surface area contributed by atoms with Crippen LogP contribution in [-0.4, -0.2) is 7.05 Å². The summed E-state index contributed by atoms with van der Waals surface area (Å²) in [4.78, 5) is 0. The predicted octanol–water partition coefficient (Wildman–Crippen LogP) is 5.11. The Labute approximate surface area is 131 Å². The van der Waals surface area contributed by atoms with Crippen molar-refractivity contribution in [2.24, 2.45) is 0 Å². The largest absolute Gasteiger partial charge is 0.313 e. The van der Waals surface area contributed by atoms with Crippen molar-refractivity contribution in [3.8, 4) is 0 Å². The molecular formula is C18H21ClFN. The summed E-state index contributed by atoms with van der Waals surface area (Å²) in [6.07, 6.45) is 0.598. The van der Waals surface area contributed by atoms with Gasteiger partial charge in [-0.15, -0.1) is 0 Å². The van der Waals surface area contributed by atoms with Gasteiger partial charge in [0.2, 0.25) is 0 Å². The smallest absolute Gasteiger partial charge is 0.127 e. The molecule has 1 unspecified atom stereocenters. The van der Waals surface area contributed by atoms with Crippen LogP contribution in [-0.2, 0) is 6.42 Å². The number of nitrogens with one attached hydrogen (secondary N) is 1. The second-order valence-corrected chi connectivity index (χ2v) is 6.04. The zero-order valence-corrected chi connectivity index (χ0v) is 13.4. The van der Waals surface area contributed by atoms with Crippen LogP contribution in [0.25, 0.3) is 0 Å². The molecule has 1 N–H and O–H groups in total. The van der Waals surface area contributed by atoms with E-state index in [4.69, 9.17) is 11.6 Å². The van der Waals surface area contributed by atoms with Crippen molar-refractivity contribution in [1.82, 2.24) is 5.32 Å². The molecule has 0 heterocycles. The highest BCUT2D eigenvalue weighted by atomic mass is 35.5. The van der Waals surface area contributed by atoms with Crippen LogP contribution in [0, 0.1) is 5.82 Å². The maximum absolute atomic E-state index is 13.9. The van der Waals surface area contributed by atoms with Gasteiger partial charge in [0.05, 0.1) is 0 Å². The van der Waals surface area contributed by atoms with Gasteiger partial charge in [0.25, 0.3) is 0 Å². The van der Waals surface area contributed by atoms with E-state index in [0.717, 1.165) is 5.56 Å². The molecule has 0 aliphatic rings. The topological polar surface area (TPSA) is 12.0 Å². The molecule has 21 heavy (non-hydrogen) atoms. The minimum Gasteiger partial charge on any atom is -0.313 e. The molecule has 0 bridgehead atoms. The first-order valence-electron chi connectivity index (χ1n) is 7.22. The summed E-state index contributed by atoms with van der Waals surface area (Å²) in [6, 6.07) is 13.5. The molecule has 0 amide bonds. The zero-order chi connectivity index (χ0) is 15.4. The lowest BCUT2D eigenvalue weighted by atomic mass is 9.95. The third-order valence-electron chi connectivity index (χ3n) is 3.79. The zero-order valence-electron chi connectivity index (χ0n) is 12.7. The summed E-state index contributed by atoms with van der Waals surface area (Å²) in [5, 5.41) is 3.69. The van der Waals surface area contributed by atoms with Gasteiger partial charge < -0.3 is 5.32 Å². The molecule has 0 fully saturated rings. The standard InChI is InChI=1S/C18H21ClFN/c1-12(2)13-4-6-14(7-5-13)18(21-3)10-15-8-9-16(19)11-17(15)20/h4-9,11-12,18,21H,10H2,1-3H3. The van der Waals surface area contributed by atoms with Crippen LogP contribution in [0.3, 0.4) is 0 Å². The number of halogens is 2. The molecule has 0 aliphatic heterocycles. The molecule has 0 spiro atoms. The molecule has 2 aromatic rings. The molecule has 1 nitrogen and oxygen atoms in total. The molecule has 3 heteroatoms. The number of rotatable bonds is 5. The van der Waals surface area contributed by atoms with Crippen LogP contribution in [0.4, 0.5) is 4.39 Å². The van der Waals surface area contributed by atoms with Gasteiger partial charge in [-0.25, -0.2) is 4.39 Å². The van der Waals surface area contributed by atoms with Crippen LogP contribution in [0.5, 0.6) is 0 Å². The van der Waals surface area contributed by atoms with Gasteiger partial charge in [-0.1, -0.05) is 55.8 Å². The lowest BCUT2D eigenvalue weighted by Crippen LogP contribution is -2.19. The third kappa shape index (κ3) is 4.05. The Morgan fingerprint density at radius 2 is 1.67 bits per heavy atom. The first-order valence-corrected chi connectivity index (χ1v) is 7.60. The molecule has 0 saturated heterocycles. The normalized spacial score (nSPS) is 12.7. The van der Waals surface area contributed by atoms with Crippen LogP contribution < -0.4 is 5.32 Å². The van der Waals surface area contributed by atoms with E-state index in [1.807, 2.05) is 7.05 Å². The van der Waals surface area contributed by atoms with E-state index in [1.54, 1.807) is 12.1 Å². The van der Waals surface area contributed by atoms with Gasteiger partial charge >= 0.3 is 0 Å². The SMILES string of the molecule is CNC(Cc1ccc(Cl)cc1F)c1ccc(C(C)C)cc1. The fraction of sp³-hybridized carbons (Fsp3) is 0.333. The van der Waals surface area contributed by atoms with Gasteiger partial charge in [0, 0.05) is 11.1 Å². The van der Waals surface area contributed by atoms with Crippen molar-refractivity contribution < 1.29 is 4.39 Å². The molecule has 0 aromatic heterocycles. The van der Waals surface area contributed by atoms with Gasteiger partial charge in [0.15, 0.2) is 0 Å². The van der Waals surface area contributed by atoms with Crippen molar-refractivity contribution >= 4 is 11.6 Å². The van der Waals surface area contributed by atoms with Gasteiger partial charge in [0.1, 0.15) is 5.82 Å². The second-order valence-electron chi connectivity index (χ2n) is 5.60. The van der Waals surface area contributed by atoms with Gasteiger partial charge in [-0.3, -0.25) is 0 Å². The number of benzene rings is 2. The highest BCUT2D eigenvalue weighted by molar-refractivity contribution is 6.30. The van der Waals surface area contributed by atoms with E-state index in [-0.39, 0.29) is 11.9 Å². The summed E-state index contributed by atoms with van der Waals surface area (Å²) >= 11 is 5.80. The monoisotopic (exact) mass is 305 g/mol. The summed E-state index contributed by atoms with van der Waals surface area (Å²) in [7, 11) is 1.90. The quantitative estimate of drug-likeness (QED) is 0.810. The Hall–Kier alpha value is -1.38. The number of likely N-dealkylation sites (N-methyl/N-ethyl adjacent to an activating group) is 1. The van der Waals surface area contributed by atoms with E-state index in [0.29, 0.717) is 22.9 Å². The minimum atomic E-state index is -0.249. The fourth-order valence-corrected chi connectivity index (χ4v) is 2.57. The van der Waals surface area contributed by atoms with Crippen LogP contribution in [0.1, 0.15) is 42.5 Å². The molecule has 112 valence electrons. The minimum absolute atomic E-state index is 0.0851. The van der Waals surface area contributed by atoms with Gasteiger partial charge in [-0.2, -0.15) is 0 Å². The van der Waals surface area contributed by atoms with E-state index in [9.17, 15) is 4.39 Å². The molecule has 2 aromatic carbocycles. The highest BCUT2D eigenvalue weighted by Crippen LogP contribution is 2.24. The van der Waals surface area contributed by atoms with Crippen molar-refractivity contribution in [2.45, 2.75) is 32.2 Å². The Morgan fingerprint density at radius 3 is 2.19 bits per heavy atom. The van der Waals surface area contributed by atoms with Gasteiger partial charge in [-0.05, 0) is 48.2 Å². The summed E-state index contributed by atoms with van der Waals surface area (Å²) in [5.74, 6) is 0.266. The van der Waals surface area contributed by atoms with E-state index < -0.39 is 0 Å². The first-order chi connectivity index (χ1) is 10.0. The maximum atomic E-state index is 13.9. The Morgan fingerprint density at radius 1 is 1.05 bits per heavy atom. The highest BCUT2D eigenvalue weighted by Gasteiger charge is 2.13. The molecule has 2 rings (SSSR count). The molecule has 0 aliphatic carbocycles. The van der Waals surface area contributed by atoms with Crippen molar-refractivity contribution in [3.63, 3.8) is 0 Å². The lowest BCUT2D eigenvalue weighted by Gasteiger charge is -2.18. The van der Waals surface area contributed by atoms with Crippen LogP contribution in [0.2, 0.25) is 5.02 Å². The summed E-state index contributed by atoms with van der Waals surface area (Å²) in [6.45, 7) is 4.35. The van der Waals surface area contributed by atoms with Crippen molar-refractivity contribution in [1.29, 1.82) is 0 Å². The Bertz CT molecular complexity index is 593. The first kappa shape index (κ1) is 16.0. The summed E-state index contributed by atoms with van der Waals surface area (Å²) < 4.78 is 13.9.